The minimum atomic E-state index is -0.349. The van der Waals surface area contributed by atoms with Gasteiger partial charge in [0.25, 0.3) is 0 Å². The molecule has 0 saturated heterocycles. The number of carbonyl (C=O) groups is 2. The zero-order valence-corrected chi connectivity index (χ0v) is 18.4. The third-order valence-corrected chi connectivity index (χ3v) is 6.22. The molecule has 0 saturated carbocycles. The summed E-state index contributed by atoms with van der Waals surface area (Å²) in [5.74, 6) is -0.0544. The highest BCUT2D eigenvalue weighted by Crippen LogP contribution is 2.40. The van der Waals surface area contributed by atoms with Crippen LogP contribution in [0.4, 0.5) is 5.69 Å². The van der Waals surface area contributed by atoms with Crippen LogP contribution in [0.2, 0.25) is 0 Å². The lowest BCUT2D eigenvalue weighted by atomic mass is 9.87. The van der Waals surface area contributed by atoms with E-state index in [1.165, 1.54) is 5.56 Å². The number of amides is 2. The van der Waals surface area contributed by atoms with Gasteiger partial charge in [-0.05, 0) is 44.4 Å². The van der Waals surface area contributed by atoms with E-state index in [1.54, 1.807) is 16.8 Å². The molecule has 148 valence electrons. The van der Waals surface area contributed by atoms with Crippen LogP contribution in [-0.4, -0.2) is 40.7 Å². The van der Waals surface area contributed by atoms with E-state index in [9.17, 15) is 9.59 Å². The summed E-state index contributed by atoms with van der Waals surface area (Å²) in [5.41, 5.74) is 2.77. The number of likely N-dealkylation sites (N-methyl/N-ethyl adjacent to an activating group) is 1. The van der Waals surface area contributed by atoms with Crippen LogP contribution in [0.3, 0.4) is 0 Å². The Labute approximate surface area is 175 Å². The summed E-state index contributed by atoms with van der Waals surface area (Å²) in [6, 6.07) is 18.2. The Hall–Kier alpha value is -2.14. The van der Waals surface area contributed by atoms with Gasteiger partial charge in [0.2, 0.25) is 11.8 Å². The summed E-state index contributed by atoms with van der Waals surface area (Å²) < 4.78 is 0. The highest BCUT2D eigenvalue weighted by atomic mass is 79.9. The Balaban J connectivity index is 2.02. The van der Waals surface area contributed by atoms with Gasteiger partial charge in [-0.15, -0.1) is 0 Å². The molecule has 0 aromatic heterocycles. The molecule has 0 aliphatic carbocycles. The number of rotatable bonds is 3. The molecular formula is C23H27BrN2O2. The maximum Gasteiger partial charge on any atom is 0.242 e. The lowest BCUT2D eigenvalue weighted by molar-refractivity contribution is -0.133. The van der Waals surface area contributed by atoms with E-state index in [1.807, 2.05) is 57.2 Å². The number of alkyl halides is 1. The minimum Gasteiger partial charge on any atom is -0.339 e. The number of halogens is 1. The van der Waals surface area contributed by atoms with Gasteiger partial charge in [0.1, 0.15) is 6.54 Å². The number of anilines is 1. The van der Waals surface area contributed by atoms with Gasteiger partial charge in [0.05, 0.1) is 4.83 Å². The quantitative estimate of drug-likeness (QED) is 0.652. The third-order valence-electron chi connectivity index (χ3n) is 5.46. The second-order valence-electron chi connectivity index (χ2n) is 8.27. The van der Waals surface area contributed by atoms with E-state index in [2.05, 4.69) is 34.1 Å². The zero-order chi connectivity index (χ0) is 20.5. The molecule has 0 bridgehead atoms. The van der Waals surface area contributed by atoms with Gasteiger partial charge in [-0.3, -0.25) is 9.59 Å². The maximum atomic E-state index is 13.2. The average molecular weight is 443 g/mol. The summed E-state index contributed by atoms with van der Waals surface area (Å²) in [6.07, 6.45) is 0.652. The number of para-hydroxylation sites is 1. The van der Waals surface area contributed by atoms with Crippen LogP contribution in [0, 0.1) is 0 Å². The van der Waals surface area contributed by atoms with E-state index < -0.39 is 0 Å². The van der Waals surface area contributed by atoms with Crippen LogP contribution in [0.15, 0.2) is 54.6 Å². The van der Waals surface area contributed by atoms with Crippen LogP contribution in [-0.2, 0) is 9.59 Å². The second kappa shape index (κ2) is 8.08. The number of carbonyl (C=O) groups excluding carboxylic acids is 2. The molecule has 4 nitrogen and oxygen atoms in total. The molecule has 3 rings (SSSR count). The molecule has 1 aliphatic heterocycles. The average Bonchev–Trinajstić information content (AvgIpc) is 2.78. The van der Waals surface area contributed by atoms with Crippen molar-refractivity contribution in [2.45, 2.75) is 43.5 Å². The molecule has 1 heterocycles. The van der Waals surface area contributed by atoms with Gasteiger partial charge in [-0.25, -0.2) is 0 Å². The Kier molecular flexibility index (Phi) is 5.94. The molecule has 28 heavy (non-hydrogen) atoms. The molecule has 0 unspecified atom stereocenters. The van der Waals surface area contributed by atoms with Crippen LogP contribution >= 0.6 is 15.9 Å². The first-order chi connectivity index (χ1) is 13.2. The van der Waals surface area contributed by atoms with E-state index in [0.29, 0.717) is 6.42 Å². The van der Waals surface area contributed by atoms with Crippen molar-refractivity contribution in [3.8, 4) is 0 Å². The molecule has 2 amide bonds. The zero-order valence-electron chi connectivity index (χ0n) is 16.9. The number of benzene rings is 2. The lowest BCUT2D eigenvalue weighted by Crippen LogP contribution is -2.49. The van der Waals surface area contributed by atoms with Crippen molar-refractivity contribution in [2.24, 2.45) is 0 Å². The van der Waals surface area contributed by atoms with Gasteiger partial charge >= 0.3 is 0 Å². The Bertz CT molecular complexity index is 860. The third kappa shape index (κ3) is 4.14. The number of hydrogen-bond acceptors (Lipinski definition) is 2. The van der Waals surface area contributed by atoms with Crippen molar-refractivity contribution in [1.82, 2.24) is 4.90 Å². The molecule has 0 fully saturated rings. The normalized spacial score (nSPS) is 19.8. The van der Waals surface area contributed by atoms with E-state index >= 15 is 0 Å². The van der Waals surface area contributed by atoms with Crippen LogP contribution in [0.5, 0.6) is 0 Å². The molecule has 2 aromatic carbocycles. The highest BCUT2D eigenvalue weighted by molar-refractivity contribution is 9.10. The van der Waals surface area contributed by atoms with Crippen molar-refractivity contribution >= 4 is 33.4 Å². The molecule has 2 aromatic rings. The van der Waals surface area contributed by atoms with Gasteiger partial charge in [-0.2, -0.15) is 0 Å². The number of fused-ring (bicyclic) bond motifs is 1. The predicted molar refractivity (Wildman–Crippen MR) is 117 cm³/mol. The monoisotopic (exact) mass is 442 g/mol. The molecule has 0 spiro atoms. The molecule has 0 radical (unpaired) electrons. The van der Waals surface area contributed by atoms with E-state index in [0.717, 1.165) is 11.3 Å². The fourth-order valence-corrected chi connectivity index (χ4v) is 4.15. The molecule has 2 atom stereocenters. The summed E-state index contributed by atoms with van der Waals surface area (Å²) in [7, 11) is 1.79. The largest absolute Gasteiger partial charge is 0.339 e. The van der Waals surface area contributed by atoms with Crippen molar-refractivity contribution in [1.29, 1.82) is 0 Å². The van der Waals surface area contributed by atoms with E-state index in [4.69, 9.17) is 0 Å². The first-order valence-corrected chi connectivity index (χ1v) is 10.5. The minimum absolute atomic E-state index is 0.0349. The van der Waals surface area contributed by atoms with Crippen LogP contribution < -0.4 is 4.90 Å². The number of hydrogen-bond donors (Lipinski definition) is 0. The predicted octanol–water partition coefficient (Wildman–Crippen LogP) is 4.58. The number of nitrogens with zero attached hydrogens (tertiary/aromatic N) is 2. The molecule has 0 N–H and O–H groups in total. The molecule has 1 aliphatic rings. The summed E-state index contributed by atoms with van der Waals surface area (Å²) >= 11 is 3.59. The molecular weight excluding hydrogens is 416 g/mol. The summed E-state index contributed by atoms with van der Waals surface area (Å²) in [5, 5.41) is 0. The van der Waals surface area contributed by atoms with Gasteiger partial charge in [0.15, 0.2) is 0 Å². The highest BCUT2D eigenvalue weighted by Gasteiger charge is 2.36. The smallest absolute Gasteiger partial charge is 0.242 e. The van der Waals surface area contributed by atoms with Crippen molar-refractivity contribution in [2.75, 3.05) is 18.5 Å². The molecule has 5 heteroatoms. The first kappa shape index (κ1) is 20.6. The lowest BCUT2D eigenvalue weighted by Gasteiger charge is -2.34. The van der Waals surface area contributed by atoms with Crippen LogP contribution in [0.1, 0.15) is 44.2 Å². The van der Waals surface area contributed by atoms with E-state index in [-0.39, 0.29) is 34.6 Å². The van der Waals surface area contributed by atoms with Crippen LogP contribution in [0.25, 0.3) is 0 Å². The first-order valence-electron chi connectivity index (χ1n) is 9.56. The Morgan fingerprint density at radius 3 is 2.36 bits per heavy atom. The van der Waals surface area contributed by atoms with Gasteiger partial charge in [-0.1, -0.05) is 64.5 Å². The fraction of sp³-hybridized carbons (Fsp3) is 0.391. The van der Waals surface area contributed by atoms with Crippen molar-refractivity contribution in [3.63, 3.8) is 0 Å². The SMILES string of the molecule is CN(C(=O)CN1C(=O)[C@@H](Br)C[C@H](c2ccccc2)c2ccccc21)C(C)(C)C. The summed E-state index contributed by atoms with van der Waals surface area (Å²) in [4.78, 5) is 29.1. The second-order valence-corrected chi connectivity index (χ2v) is 9.38. The van der Waals surface area contributed by atoms with Crippen molar-refractivity contribution < 1.29 is 9.59 Å². The Morgan fingerprint density at radius 2 is 1.71 bits per heavy atom. The fourth-order valence-electron chi connectivity index (χ4n) is 3.53. The summed E-state index contributed by atoms with van der Waals surface area (Å²) in [6.45, 7) is 6.00. The standard InChI is InChI=1S/C23H27BrN2O2/c1-23(2,3)25(4)21(27)15-26-20-13-9-8-12-17(20)18(14-19(24)22(26)28)16-10-6-5-7-11-16/h5-13,18-19H,14-15H2,1-4H3/t18-,19+/m1/s1. The van der Waals surface area contributed by atoms with Gasteiger partial charge in [0, 0.05) is 24.2 Å². The van der Waals surface area contributed by atoms with Crippen molar-refractivity contribution in [3.05, 3.63) is 65.7 Å². The van der Waals surface area contributed by atoms with Gasteiger partial charge < -0.3 is 9.80 Å². The maximum absolute atomic E-state index is 13.2. The topological polar surface area (TPSA) is 40.6 Å². The Morgan fingerprint density at radius 1 is 1.11 bits per heavy atom.